The maximum Gasteiger partial charge on any atom is 0.0179 e. The monoisotopic (exact) mass is 156 g/mol. The highest BCUT2D eigenvalue weighted by atomic mass is 33.1. The van der Waals surface area contributed by atoms with Gasteiger partial charge in [0.15, 0.2) is 0 Å². The Bertz CT molecular complexity index is 48.9. The van der Waals surface area contributed by atoms with Gasteiger partial charge in [-0.2, -0.15) is 0 Å². The molecule has 0 saturated heterocycles. The number of hydrogen-bond acceptors (Lipinski definition) is 2. The highest BCUT2D eigenvalue weighted by Crippen LogP contribution is 2.32. The lowest BCUT2D eigenvalue weighted by Gasteiger charge is -2.13. The van der Waals surface area contributed by atoms with Crippen molar-refractivity contribution in [2.75, 3.05) is 6.26 Å². The molecule has 0 spiro atoms. The van der Waals surface area contributed by atoms with Crippen LogP contribution < -0.4 is 0 Å². The molecule has 0 aliphatic carbocycles. The molecule has 0 aromatic rings. The maximum absolute atomic E-state index is 2.22. The van der Waals surface area contributed by atoms with Crippen LogP contribution in [0.15, 0.2) is 0 Å². The molecule has 8 heavy (non-hydrogen) atoms. The van der Waals surface area contributed by atoms with E-state index in [-0.39, 0.29) is 4.70 Å². The molecule has 0 nitrogen and oxygen atoms in total. The van der Waals surface area contributed by atoms with E-state index >= 15 is 0 Å². The van der Waals surface area contributed by atoms with Gasteiger partial charge >= 0.3 is 0 Å². The minimum Gasteiger partial charge on any atom is -0.269 e. The highest BCUT2D eigenvalue weighted by Gasteiger charge is 2.07. The molecule has 0 rings (SSSR count). The van der Waals surface area contributed by atoms with Crippen molar-refractivity contribution < 1.29 is 4.70 Å². The zero-order valence-corrected chi connectivity index (χ0v) is 7.36. The Kier molecular flexibility index (Phi) is 6.43. The molecule has 0 aliphatic heterocycles. The first-order chi connectivity index (χ1) is 3.06. The zero-order chi connectivity index (χ0) is 5.91. The van der Waals surface area contributed by atoms with Crippen molar-refractivity contribution in [1.29, 1.82) is 0 Å². The fraction of sp³-hybridized carbons (Fsp3) is 1.00. The van der Waals surface area contributed by atoms with E-state index in [1.807, 2.05) is 21.6 Å². The minimum atomic E-state index is 0. The second-order valence-electron chi connectivity index (χ2n) is 2.36. The molecular formula is C5H13FS2. The molecule has 0 fully saturated rings. The number of hydrogen-bond donors (Lipinski definition) is 0. The average Bonchev–Trinajstić information content (AvgIpc) is 1.30. The third-order valence-corrected chi connectivity index (χ3v) is 3.00. The molecular weight excluding hydrogens is 143 g/mol. The quantitative estimate of drug-likeness (QED) is 0.535. The Hall–Kier alpha value is 0.630. The summed E-state index contributed by atoms with van der Waals surface area (Å²) in [6.07, 6.45) is 2.11. The highest BCUT2D eigenvalue weighted by molar-refractivity contribution is 8.76. The second kappa shape index (κ2) is 4.50. The van der Waals surface area contributed by atoms with E-state index in [9.17, 15) is 0 Å². The first-order valence-electron chi connectivity index (χ1n) is 2.28. The Morgan fingerprint density at radius 1 is 1.12 bits per heavy atom. The average molecular weight is 156 g/mol. The standard InChI is InChI=1S/C5H12S2.FH/c1-5(2,3)7-6-4;/h1-4H3;1H. The predicted octanol–water partition coefficient (Wildman–Crippen LogP) is 2.95. The third-order valence-electron chi connectivity index (χ3n) is 0.333. The van der Waals surface area contributed by atoms with Crippen LogP contribution >= 0.6 is 21.6 Å². The van der Waals surface area contributed by atoms with Crippen LogP contribution in [0.5, 0.6) is 0 Å². The summed E-state index contributed by atoms with van der Waals surface area (Å²) in [6, 6.07) is 0. The van der Waals surface area contributed by atoms with Gasteiger partial charge in [0.25, 0.3) is 0 Å². The fourth-order valence-corrected chi connectivity index (χ4v) is 2.25. The van der Waals surface area contributed by atoms with E-state index in [1.54, 1.807) is 0 Å². The van der Waals surface area contributed by atoms with Crippen LogP contribution in [0.2, 0.25) is 0 Å². The van der Waals surface area contributed by atoms with Gasteiger partial charge < -0.3 is 0 Å². The molecule has 0 heterocycles. The maximum atomic E-state index is 2.22. The summed E-state index contributed by atoms with van der Waals surface area (Å²) in [5, 5.41) is 0. The SMILES string of the molecule is CSSC(C)(C)C.F. The van der Waals surface area contributed by atoms with Gasteiger partial charge in [0.1, 0.15) is 0 Å². The zero-order valence-electron chi connectivity index (χ0n) is 5.72. The molecule has 0 saturated carbocycles. The molecule has 3 heteroatoms. The van der Waals surface area contributed by atoms with E-state index in [4.69, 9.17) is 0 Å². The second-order valence-corrected chi connectivity index (χ2v) is 5.59. The lowest BCUT2D eigenvalue weighted by Crippen LogP contribution is -2.03. The summed E-state index contributed by atoms with van der Waals surface area (Å²) in [7, 11) is 3.73. The van der Waals surface area contributed by atoms with Crippen LogP contribution in [0, 0.1) is 0 Å². The first-order valence-corrected chi connectivity index (χ1v) is 4.84. The van der Waals surface area contributed by atoms with Gasteiger partial charge in [-0.3, -0.25) is 4.70 Å². The van der Waals surface area contributed by atoms with Gasteiger partial charge in [-0.25, -0.2) is 0 Å². The molecule has 0 aromatic heterocycles. The van der Waals surface area contributed by atoms with E-state index in [0.29, 0.717) is 4.75 Å². The van der Waals surface area contributed by atoms with E-state index in [1.165, 1.54) is 0 Å². The molecule has 0 atom stereocenters. The van der Waals surface area contributed by atoms with E-state index in [0.717, 1.165) is 0 Å². The third kappa shape index (κ3) is 9.80. The van der Waals surface area contributed by atoms with Crippen molar-refractivity contribution >= 4 is 21.6 Å². The van der Waals surface area contributed by atoms with Crippen LogP contribution in [-0.4, -0.2) is 11.0 Å². The lowest BCUT2D eigenvalue weighted by molar-refractivity contribution is 0.810. The van der Waals surface area contributed by atoms with Gasteiger partial charge in [-0.1, -0.05) is 42.4 Å². The van der Waals surface area contributed by atoms with Gasteiger partial charge in [0, 0.05) is 4.75 Å². The van der Waals surface area contributed by atoms with Crippen LogP contribution in [0.4, 0.5) is 4.70 Å². The van der Waals surface area contributed by atoms with Crippen molar-refractivity contribution in [3.63, 3.8) is 0 Å². The number of rotatable bonds is 1. The molecule has 0 aromatic carbocycles. The Balaban J connectivity index is 0. The fourth-order valence-electron chi connectivity index (χ4n) is 0.250. The predicted molar refractivity (Wildman–Crippen MR) is 43.4 cm³/mol. The van der Waals surface area contributed by atoms with Gasteiger partial charge in [-0.05, 0) is 6.26 Å². The minimum absolute atomic E-state index is 0. The Morgan fingerprint density at radius 3 is 1.50 bits per heavy atom. The Morgan fingerprint density at radius 2 is 1.50 bits per heavy atom. The van der Waals surface area contributed by atoms with Crippen molar-refractivity contribution in [3.05, 3.63) is 0 Å². The van der Waals surface area contributed by atoms with E-state index in [2.05, 4.69) is 27.0 Å². The topological polar surface area (TPSA) is 0 Å². The van der Waals surface area contributed by atoms with Gasteiger partial charge in [-0.15, -0.1) is 0 Å². The summed E-state index contributed by atoms with van der Waals surface area (Å²) in [6.45, 7) is 6.65. The molecule has 0 aliphatic rings. The van der Waals surface area contributed by atoms with Crippen LogP contribution in [0.25, 0.3) is 0 Å². The van der Waals surface area contributed by atoms with Gasteiger partial charge in [0.2, 0.25) is 0 Å². The summed E-state index contributed by atoms with van der Waals surface area (Å²) < 4.78 is 0.430. The largest absolute Gasteiger partial charge is 0.269 e. The summed E-state index contributed by atoms with van der Waals surface area (Å²) in [5.74, 6) is 0. The van der Waals surface area contributed by atoms with Crippen molar-refractivity contribution in [2.24, 2.45) is 0 Å². The summed E-state index contributed by atoms with van der Waals surface area (Å²) in [5.41, 5.74) is 0. The molecule has 52 valence electrons. The number of halogens is 1. The molecule has 0 radical (unpaired) electrons. The molecule has 0 bridgehead atoms. The molecule has 0 unspecified atom stereocenters. The molecule has 0 amide bonds. The van der Waals surface area contributed by atoms with Crippen molar-refractivity contribution in [2.45, 2.75) is 25.5 Å². The summed E-state index contributed by atoms with van der Waals surface area (Å²) in [4.78, 5) is 0. The normalized spacial score (nSPS) is 10.5. The smallest absolute Gasteiger partial charge is 0.0179 e. The van der Waals surface area contributed by atoms with Crippen LogP contribution in [-0.2, 0) is 0 Å². The van der Waals surface area contributed by atoms with Crippen LogP contribution in [0.1, 0.15) is 20.8 Å². The van der Waals surface area contributed by atoms with Gasteiger partial charge in [0.05, 0.1) is 0 Å². The van der Waals surface area contributed by atoms with Crippen molar-refractivity contribution in [3.8, 4) is 0 Å². The molecule has 0 N–H and O–H groups in total. The first kappa shape index (κ1) is 11.4. The lowest BCUT2D eigenvalue weighted by atomic mass is 10.3. The summed E-state index contributed by atoms with van der Waals surface area (Å²) >= 11 is 0. The Labute approximate surface area is 58.6 Å². The van der Waals surface area contributed by atoms with Crippen molar-refractivity contribution in [1.82, 2.24) is 0 Å². The van der Waals surface area contributed by atoms with E-state index < -0.39 is 0 Å². The van der Waals surface area contributed by atoms with Crippen LogP contribution in [0.3, 0.4) is 0 Å².